The molecule has 0 bridgehead atoms. The second-order valence-electron chi connectivity index (χ2n) is 3.72. The average Bonchev–Trinajstić information content (AvgIpc) is 2.37. The summed E-state index contributed by atoms with van der Waals surface area (Å²) in [7, 11) is 3.28. The van der Waals surface area contributed by atoms with Crippen molar-refractivity contribution in [3.8, 4) is 0 Å². The van der Waals surface area contributed by atoms with Crippen LogP contribution in [0, 0.1) is 10.1 Å². The molecule has 0 saturated heterocycles. The predicted molar refractivity (Wildman–Crippen MR) is 80.1 cm³/mol. The van der Waals surface area contributed by atoms with Crippen molar-refractivity contribution < 1.29 is 4.92 Å². The Morgan fingerprint density at radius 3 is 2.39 bits per heavy atom. The summed E-state index contributed by atoms with van der Waals surface area (Å²) in [6.45, 7) is 8.52. The minimum Gasteiger partial charge on any atom is -0.258 e. The molecule has 0 aliphatic heterocycles. The van der Waals surface area contributed by atoms with Crippen molar-refractivity contribution >= 4 is 27.3 Å². The number of nitro groups is 1. The van der Waals surface area contributed by atoms with Gasteiger partial charge in [-0.25, -0.2) is 4.98 Å². The van der Waals surface area contributed by atoms with Gasteiger partial charge in [-0.15, -0.1) is 0 Å². The van der Waals surface area contributed by atoms with Gasteiger partial charge in [0.05, 0.1) is 4.92 Å². The van der Waals surface area contributed by atoms with Crippen molar-refractivity contribution in [1.29, 1.82) is 0 Å². The Kier molecular flexibility index (Phi) is 9.77. The first kappa shape index (κ1) is 17.2. The van der Waals surface area contributed by atoms with E-state index in [2.05, 4.69) is 32.7 Å². The van der Waals surface area contributed by atoms with Crippen LogP contribution in [0.25, 0.3) is 0 Å². The van der Waals surface area contributed by atoms with Crippen LogP contribution in [0.4, 0.5) is 5.69 Å². The topological polar surface area (TPSA) is 56.0 Å². The molecule has 102 valence electrons. The normalized spacial score (nSPS) is 11.3. The van der Waals surface area contributed by atoms with E-state index in [1.807, 2.05) is 0 Å². The lowest BCUT2D eigenvalue weighted by Crippen LogP contribution is -1.90. The molecule has 1 rings (SSSR count). The molecule has 4 nitrogen and oxygen atoms in total. The molecule has 0 amide bonds. The minimum atomic E-state index is -0.441. The fraction of sp³-hybridized carbons (Fsp3) is 0.583. The highest BCUT2D eigenvalue weighted by Crippen LogP contribution is 2.34. The molecule has 1 atom stereocenters. The van der Waals surface area contributed by atoms with Gasteiger partial charge in [0, 0.05) is 11.3 Å². The van der Waals surface area contributed by atoms with Crippen LogP contribution < -0.4 is 0 Å². The van der Waals surface area contributed by atoms with Gasteiger partial charge in [-0.3, -0.25) is 10.1 Å². The molecule has 1 heterocycles. The summed E-state index contributed by atoms with van der Waals surface area (Å²) >= 11 is 0. The van der Waals surface area contributed by atoms with Crippen molar-refractivity contribution in [2.24, 2.45) is 0 Å². The molecular weight excluding hydrogens is 268 g/mol. The van der Waals surface area contributed by atoms with Gasteiger partial charge in [0.1, 0.15) is 11.2 Å². The zero-order valence-electron chi connectivity index (χ0n) is 11.3. The van der Waals surface area contributed by atoms with Crippen LogP contribution in [-0.2, 0) is 0 Å². The van der Waals surface area contributed by atoms with Crippen molar-refractivity contribution in [2.45, 2.75) is 50.8 Å². The summed E-state index contributed by atoms with van der Waals surface area (Å²) in [5.41, 5.74) is 0.0351. The largest absolute Gasteiger partial charge is 0.287 e. The maximum Gasteiger partial charge on any atom is 0.287 e. The van der Waals surface area contributed by atoms with Gasteiger partial charge in [-0.1, -0.05) is 44.9 Å². The first-order valence-corrected chi connectivity index (χ1v) is 8.20. The van der Waals surface area contributed by atoms with Gasteiger partial charge in [0.25, 0.3) is 5.69 Å². The molecular formula is C12H20N2O2S2. The van der Waals surface area contributed by atoms with Crippen LogP contribution in [0.15, 0.2) is 23.4 Å². The smallest absolute Gasteiger partial charge is 0.258 e. The molecule has 0 spiro atoms. The van der Waals surface area contributed by atoms with Crippen molar-refractivity contribution in [3.63, 3.8) is 0 Å². The number of hydrogen-bond acceptors (Lipinski definition) is 5. The Bertz CT molecular complexity index is 344. The van der Waals surface area contributed by atoms with Crippen LogP contribution in [0.2, 0.25) is 0 Å². The zero-order valence-corrected chi connectivity index (χ0v) is 12.9. The summed E-state index contributed by atoms with van der Waals surface area (Å²) in [5, 5.41) is 11.8. The third-order valence-corrected chi connectivity index (χ3v) is 4.76. The number of hydrogen-bond donors (Lipinski definition) is 0. The van der Waals surface area contributed by atoms with E-state index in [1.54, 1.807) is 27.7 Å². The second-order valence-corrected chi connectivity index (χ2v) is 6.38. The quantitative estimate of drug-likeness (QED) is 0.436. The van der Waals surface area contributed by atoms with Gasteiger partial charge >= 0.3 is 0 Å². The van der Waals surface area contributed by atoms with Gasteiger partial charge in [-0.05, 0) is 23.3 Å². The van der Waals surface area contributed by atoms with E-state index in [-0.39, 0.29) is 5.69 Å². The molecule has 1 unspecified atom stereocenters. The summed E-state index contributed by atoms with van der Waals surface area (Å²) in [6.07, 6.45) is 3.64. The standard InChI is InChI=1S/C9H12N2O2S2.C3H8/c1-3-7(2)14-15-9-5-4-8(6-10-9)11(12)13;1-3-2/h4-7H,3H2,1-2H3;3H2,1-2H3. The van der Waals surface area contributed by atoms with E-state index in [4.69, 9.17) is 0 Å². The number of rotatable bonds is 5. The average molecular weight is 288 g/mol. The maximum atomic E-state index is 10.4. The summed E-state index contributed by atoms with van der Waals surface area (Å²) in [4.78, 5) is 13.9. The lowest BCUT2D eigenvalue weighted by atomic mass is 10.4. The molecule has 1 aromatic rings. The van der Waals surface area contributed by atoms with E-state index in [1.165, 1.54) is 18.7 Å². The molecule has 18 heavy (non-hydrogen) atoms. The Morgan fingerprint density at radius 2 is 2.00 bits per heavy atom. The van der Waals surface area contributed by atoms with Crippen LogP contribution in [0.1, 0.15) is 40.5 Å². The molecule has 0 fully saturated rings. The fourth-order valence-electron chi connectivity index (χ4n) is 0.729. The fourth-order valence-corrected chi connectivity index (χ4v) is 2.84. The lowest BCUT2D eigenvalue weighted by Gasteiger charge is -2.05. The first-order valence-electron chi connectivity index (χ1n) is 5.98. The second kappa shape index (κ2) is 10.2. The Labute approximate surface area is 117 Å². The summed E-state index contributed by atoms with van der Waals surface area (Å²) < 4.78 is 0. The van der Waals surface area contributed by atoms with E-state index < -0.39 is 4.92 Å². The third-order valence-electron chi connectivity index (χ3n) is 1.80. The van der Waals surface area contributed by atoms with E-state index in [9.17, 15) is 10.1 Å². The Hall–Kier alpha value is -0.750. The van der Waals surface area contributed by atoms with Crippen molar-refractivity contribution in [2.75, 3.05) is 0 Å². The molecule has 0 N–H and O–H groups in total. The van der Waals surface area contributed by atoms with Gasteiger partial charge in [0.2, 0.25) is 0 Å². The summed E-state index contributed by atoms with van der Waals surface area (Å²) in [5.74, 6) is 0. The highest BCUT2D eigenvalue weighted by atomic mass is 33.1. The Balaban J connectivity index is 0.000000873. The third kappa shape index (κ3) is 7.55. The highest BCUT2D eigenvalue weighted by Gasteiger charge is 2.07. The van der Waals surface area contributed by atoms with Crippen LogP contribution in [0.3, 0.4) is 0 Å². The molecule has 0 radical (unpaired) electrons. The molecule has 0 aliphatic carbocycles. The van der Waals surface area contributed by atoms with Crippen molar-refractivity contribution in [1.82, 2.24) is 4.98 Å². The SMILES string of the molecule is CCC.CCC(C)SSc1ccc([N+](=O)[O-])cn1. The number of aromatic nitrogens is 1. The number of pyridine rings is 1. The van der Waals surface area contributed by atoms with Crippen LogP contribution in [-0.4, -0.2) is 15.2 Å². The van der Waals surface area contributed by atoms with Gasteiger partial charge in [0.15, 0.2) is 0 Å². The molecule has 0 aromatic carbocycles. The molecule has 6 heteroatoms. The van der Waals surface area contributed by atoms with Crippen molar-refractivity contribution in [3.05, 3.63) is 28.4 Å². The lowest BCUT2D eigenvalue weighted by molar-refractivity contribution is -0.385. The van der Waals surface area contributed by atoms with E-state index >= 15 is 0 Å². The Morgan fingerprint density at radius 1 is 1.39 bits per heavy atom. The van der Waals surface area contributed by atoms with Crippen LogP contribution >= 0.6 is 21.6 Å². The number of nitrogens with zero attached hydrogens (tertiary/aromatic N) is 2. The monoisotopic (exact) mass is 288 g/mol. The molecule has 0 saturated carbocycles. The predicted octanol–water partition coefficient (Wildman–Crippen LogP) is 4.94. The molecule has 0 aliphatic rings. The van der Waals surface area contributed by atoms with Gasteiger partial charge in [-0.2, -0.15) is 0 Å². The zero-order chi connectivity index (χ0) is 14.0. The molecule has 1 aromatic heterocycles. The maximum absolute atomic E-state index is 10.4. The summed E-state index contributed by atoms with van der Waals surface area (Å²) in [6, 6.07) is 3.16. The minimum absolute atomic E-state index is 0.0351. The van der Waals surface area contributed by atoms with Crippen LogP contribution in [0.5, 0.6) is 0 Å². The highest BCUT2D eigenvalue weighted by molar-refractivity contribution is 8.76. The first-order chi connectivity index (χ1) is 8.54. The van der Waals surface area contributed by atoms with E-state index in [0.717, 1.165) is 11.4 Å². The van der Waals surface area contributed by atoms with E-state index in [0.29, 0.717) is 5.25 Å². The van der Waals surface area contributed by atoms with Gasteiger partial charge < -0.3 is 0 Å².